The predicted octanol–water partition coefficient (Wildman–Crippen LogP) is 1.65. The summed E-state index contributed by atoms with van der Waals surface area (Å²) >= 11 is 1.64. The van der Waals surface area contributed by atoms with Crippen LogP contribution in [0.25, 0.3) is 0 Å². The van der Waals surface area contributed by atoms with Crippen molar-refractivity contribution in [2.24, 2.45) is 5.92 Å². The fraction of sp³-hybridized carbons (Fsp3) is 0.438. The number of H-pyrrole nitrogens is 1. The van der Waals surface area contributed by atoms with Crippen LogP contribution in [0.1, 0.15) is 36.6 Å². The van der Waals surface area contributed by atoms with Gasteiger partial charge in [-0.2, -0.15) is 0 Å². The maximum Gasteiger partial charge on any atom is 0.328 e. The number of thiophene rings is 1. The van der Waals surface area contributed by atoms with Gasteiger partial charge in [-0.25, -0.2) is 4.79 Å². The Morgan fingerprint density at radius 3 is 2.78 bits per heavy atom. The minimum Gasteiger partial charge on any atom is -0.347 e. The molecule has 0 radical (unpaired) electrons. The summed E-state index contributed by atoms with van der Waals surface area (Å²) in [5, 5.41) is 5.08. The van der Waals surface area contributed by atoms with Crippen LogP contribution in [0, 0.1) is 5.92 Å². The first-order chi connectivity index (χ1) is 11.1. The third-order valence-electron chi connectivity index (χ3n) is 4.25. The van der Waals surface area contributed by atoms with E-state index in [2.05, 4.69) is 10.3 Å². The fourth-order valence-corrected chi connectivity index (χ4v) is 3.99. The number of aromatic amines is 1. The Hall–Kier alpha value is -2.15. The average Bonchev–Trinajstić information content (AvgIpc) is 3.21. The molecule has 7 heteroatoms. The van der Waals surface area contributed by atoms with E-state index in [0.29, 0.717) is 5.92 Å². The second-order valence-electron chi connectivity index (χ2n) is 5.84. The topological polar surface area (TPSA) is 84.0 Å². The van der Waals surface area contributed by atoms with E-state index in [9.17, 15) is 14.4 Å². The molecule has 122 valence electrons. The molecule has 2 heterocycles. The number of nitrogens with one attached hydrogen (secondary N) is 2. The predicted molar refractivity (Wildman–Crippen MR) is 88.5 cm³/mol. The Morgan fingerprint density at radius 1 is 1.35 bits per heavy atom. The molecule has 1 aliphatic rings. The molecule has 0 aromatic carbocycles. The highest BCUT2D eigenvalue weighted by Crippen LogP contribution is 2.37. The first kappa shape index (κ1) is 15.7. The fourth-order valence-electron chi connectivity index (χ4n) is 3.12. The molecule has 1 fully saturated rings. The van der Waals surface area contributed by atoms with Crippen molar-refractivity contribution in [1.29, 1.82) is 0 Å². The molecule has 1 saturated carbocycles. The molecule has 2 aromatic rings. The van der Waals surface area contributed by atoms with Gasteiger partial charge in [0.15, 0.2) is 0 Å². The molecule has 3 rings (SSSR count). The highest BCUT2D eigenvalue weighted by Gasteiger charge is 2.28. The normalized spacial score (nSPS) is 16.3. The lowest BCUT2D eigenvalue weighted by molar-refractivity contribution is -0.122. The van der Waals surface area contributed by atoms with Crippen LogP contribution in [0.15, 0.2) is 39.4 Å². The average molecular weight is 333 g/mol. The molecule has 1 atom stereocenters. The van der Waals surface area contributed by atoms with Gasteiger partial charge in [0.2, 0.25) is 5.91 Å². The minimum atomic E-state index is -0.568. The Morgan fingerprint density at radius 2 is 2.13 bits per heavy atom. The monoisotopic (exact) mass is 333 g/mol. The summed E-state index contributed by atoms with van der Waals surface area (Å²) in [6.45, 7) is -0.0930. The molecule has 2 N–H and O–H groups in total. The summed E-state index contributed by atoms with van der Waals surface area (Å²) < 4.78 is 1.21. The van der Waals surface area contributed by atoms with Gasteiger partial charge in [0.25, 0.3) is 5.56 Å². The van der Waals surface area contributed by atoms with E-state index in [-0.39, 0.29) is 18.5 Å². The van der Waals surface area contributed by atoms with Gasteiger partial charge in [-0.15, -0.1) is 11.3 Å². The van der Waals surface area contributed by atoms with Gasteiger partial charge in [0.1, 0.15) is 6.54 Å². The van der Waals surface area contributed by atoms with E-state index >= 15 is 0 Å². The Bertz CT molecular complexity index is 772. The molecule has 1 aliphatic carbocycles. The molecule has 6 nitrogen and oxygen atoms in total. The highest BCUT2D eigenvalue weighted by molar-refractivity contribution is 7.10. The Kier molecular flexibility index (Phi) is 4.76. The van der Waals surface area contributed by atoms with Crippen LogP contribution in [-0.4, -0.2) is 15.5 Å². The lowest BCUT2D eigenvalue weighted by Crippen LogP contribution is -2.38. The van der Waals surface area contributed by atoms with E-state index < -0.39 is 11.2 Å². The molecule has 0 saturated heterocycles. The van der Waals surface area contributed by atoms with Crippen LogP contribution >= 0.6 is 11.3 Å². The highest BCUT2D eigenvalue weighted by atomic mass is 32.1. The van der Waals surface area contributed by atoms with E-state index in [0.717, 1.165) is 17.7 Å². The molecule has 1 amide bonds. The number of amides is 1. The third kappa shape index (κ3) is 3.79. The van der Waals surface area contributed by atoms with Crippen molar-refractivity contribution in [3.8, 4) is 0 Å². The summed E-state index contributed by atoms with van der Waals surface area (Å²) in [6.07, 6.45) is 5.96. The number of aromatic nitrogens is 2. The van der Waals surface area contributed by atoms with Crippen molar-refractivity contribution in [2.75, 3.05) is 0 Å². The van der Waals surface area contributed by atoms with Crippen LogP contribution < -0.4 is 16.6 Å². The van der Waals surface area contributed by atoms with Crippen molar-refractivity contribution in [3.63, 3.8) is 0 Å². The van der Waals surface area contributed by atoms with E-state index in [4.69, 9.17) is 0 Å². The summed E-state index contributed by atoms with van der Waals surface area (Å²) in [5.41, 5.74) is -1.03. The van der Waals surface area contributed by atoms with Gasteiger partial charge in [0, 0.05) is 17.1 Å². The third-order valence-corrected chi connectivity index (χ3v) is 5.20. The van der Waals surface area contributed by atoms with Gasteiger partial charge in [-0.1, -0.05) is 18.9 Å². The Balaban J connectivity index is 1.73. The molecule has 0 bridgehead atoms. The number of carbonyl (C=O) groups excluding carboxylic acids is 1. The lowest BCUT2D eigenvalue weighted by Gasteiger charge is -2.24. The van der Waals surface area contributed by atoms with Crippen LogP contribution in [-0.2, 0) is 11.3 Å². The van der Waals surface area contributed by atoms with E-state index in [1.54, 1.807) is 11.3 Å². The lowest BCUT2D eigenvalue weighted by atomic mass is 9.96. The zero-order chi connectivity index (χ0) is 16.2. The van der Waals surface area contributed by atoms with Crippen LogP contribution in [0.4, 0.5) is 0 Å². The van der Waals surface area contributed by atoms with Crippen molar-refractivity contribution in [2.45, 2.75) is 38.3 Å². The molecule has 23 heavy (non-hydrogen) atoms. The van der Waals surface area contributed by atoms with Crippen molar-refractivity contribution < 1.29 is 4.79 Å². The number of hydrogen-bond acceptors (Lipinski definition) is 4. The second-order valence-corrected chi connectivity index (χ2v) is 6.82. The Labute approximate surface area is 137 Å². The van der Waals surface area contributed by atoms with Crippen LogP contribution in [0.3, 0.4) is 0 Å². The first-order valence-electron chi connectivity index (χ1n) is 7.76. The summed E-state index contributed by atoms with van der Waals surface area (Å²) in [4.78, 5) is 38.4. The number of hydrogen-bond donors (Lipinski definition) is 2. The molecule has 0 spiro atoms. The second kappa shape index (κ2) is 6.95. The quantitative estimate of drug-likeness (QED) is 0.872. The molecule has 0 unspecified atom stereocenters. The molecular weight excluding hydrogens is 314 g/mol. The molecule has 0 aliphatic heterocycles. The molecular formula is C16H19N3O3S. The summed E-state index contributed by atoms with van der Waals surface area (Å²) in [5.74, 6) is 0.231. The van der Waals surface area contributed by atoms with E-state index in [1.165, 1.54) is 29.7 Å². The smallest absolute Gasteiger partial charge is 0.328 e. The number of rotatable bonds is 5. The van der Waals surface area contributed by atoms with Crippen molar-refractivity contribution >= 4 is 17.2 Å². The van der Waals surface area contributed by atoms with Crippen LogP contribution in [0.2, 0.25) is 0 Å². The zero-order valence-electron chi connectivity index (χ0n) is 12.7. The van der Waals surface area contributed by atoms with Gasteiger partial charge in [0.05, 0.1) is 6.04 Å². The maximum absolute atomic E-state index is 12.4. The van der Waals surface area contributed by atoms with Gasteiger partial charge < -0.3 is 5.32 Å². The minimum absolute atomic E-state index is 0.00321. The largest absolute Gasteiger partial charge is 0.347 e. The first-order valence-corrected chi connectivity index (χ1v) is 8.64. The van der Waals surface area contributed by atoms with Crippen molar-refractivity contribution in [1.82, 2.24) is 14.9 Å². The van der Waals surface area contributed by atoms with Gasteiger partial charge >= 0.3 is 5.69 Å². The summed E-state index contributed by atoms with van der Waals surface area (Å²) in [6, 6.07) is 5.27. The number of nitrogens with zero attached hydrogens (tertiary/aromatic N) is 1. The van der Waals surface area contributed by atoms with Crippen LogP contribution in [0.5, 0.6) is 0 Å². The SMILES string of the molecule is O=C(Cn1ccc(=O)[nH]c1=O)N[C@H](c1cccs1)C1CCCC1. The number of carbonyl (C=O) groups is 1. The molecule has 2 aromatic heterocycles. The zero-order valence-corrected chi connectivity index (χ0v) is 13.5. The van der Waals surface area contributed by atoms with Crippen molar-refractivity contribution in [3.05, 3.63) is 55.5 Å². The van der Waals surface area contributed by atoms with Gasteiger partial charge in [-0.3, -0.25) is 19.1 Å². The standard InChI is InChI=1S/C16H19N3O3S/c20-13-7-8-19(16(22)18-13)10-14(21)17-15(11-4-1-2-5-11)12-6-3-9-23-12/h3,6-9,11,15H,1-2,4-5,10H2,(H,17,21)(H,18,20,22)/t15-/m0/s1. The van der Waals surface area contributed by atoms with E-state index in [1.807, 2.05) is 17.5 Å². The maximum atomic E-state index is 12.4. The van der Waals surface area contributed by atoms with Gasteiger partial charge in [-0.05, 0) is 30.2 Å². The summed E-state index contributed by atoms with van der Waals surface area (Å²) in [7, 11) is 0.